The number of rotatable bonds is 4. The van der Waals surface area contributed by atoms with Crippen molar-refractivity contribution in [2.24, 2.45) is 0 Å². The molecular weight excluding hydrogens is 571 g/mol. The van der Waals surface area contributed by atoms with Gasteiger partial charge in [-0.15, -0.1) is 5.10 Å². The molecule has 0 bridgehead atoms. The van der Waals surface area contributed by atoms with Crippen LogP contribution in [0, 0.1) is 11.6 Å². The van der Waals surface area contributed by atoms with E-state index in [9.17, 15) is 31.5 Å². The fraction of sp³-hybridized carbons (Fsp3) is 0.0741. The Kier molecular flexibility index (Phi) is 6.18. The number of pyridine rings is 1. The Morgan fingerprint density at radius 2 is 1.78 bits per heavy atom. The second-order valence-corrected chi connectivity index (χ2v) is 9.54. The molecule has 2 amide bonds. The molecule has 2 N–H and O–H groups in total. The second kappa shape index (κ2) is 9.63. The minimum absolute atomic E-state index is 0.000750. The number of carbonyl (C=O) groups is 2. The molecule has 41 heavy (non-hydrogen) atoms. The predicted molar refractivity (Wildman–Crippen MR) is 136 cm³/mol. The van der Waals surface area contributed by atoms with Gasteiger partial charge in [0, 0.05) is 44.7 Å². The van der Waals surface area contributed by atoms with Gasteiger partial charge in [-0.2, -0.15) is 13.2 Å². The van der Waals surface area contributed by atoms with E-state index in [2.05, 4.69) is 26.2 Å². The van der Waals surface area contributed by atoms with Crippen molar-refractivity contribution in [3.63, 3.8) is 0 Å². The number of amides is 2. The molecule has 6 rings (SSSR count). The molecule has 0 saturated carbocycles. The maximum atomic E-state index is 14.2. The fourth-order valence-electron chi connectivity index (χ4n) is 4.66. The molecule has 8 nitrogen and oxygen atoms in total. The van der Waals surface area contributed by atoms with E-state index in [0.29, 0.717) is 28.9 Å². The van der Waals surface area contributed by atoms with E-state index in [1.807, 2.05) is 0 Å². The van der Waals surface area contributed by atoms with Crippen molar-refractivity contribution in [1.82, 2.24) is 25.4 Å². The van der Waals surface area contributed by atoms with Gasteiger partial charge in [0.2, 0.25) is 0 Å². The molecule has 0 aliphatic carbocycles. The summed E-state index contributed by atoms with van der Waals surface area (Å²) in [5.41, 5.74) is -0.120. The van der Waals surface area contributed by atoms with Crippen LogP contribution in [-0.4, -0.2) is 31.9 Å². The third-order valence-electron chi connectivity index (χ3n) is 6.52. The molecule has 3 heterocycles. The molecule has 0 saturated heterocycles. The van der Waals surface area contributed by atoms with Gasteiger partial charge in [-0.3, -0.25) is 9.59 Å². The SMILES string of the molecule is O=C(Nc1cc(-c2ccc3nnnn3c2)cc2c1C(c1cc(F)ccc1Cl)NC2=O)c1cc(F)cc(C(F)(F)F)c1. The van der Waals surface area contributed by atoms with Crippen LogP contribution in [0.2, 0.25) is 5.02 Å². The number of nitrogens with zero attached hydrogens (tertiary/aromatic N) is 4. The Balaban J connectivity index is 1.51. The van der Waals surface area contributed by atoms with Gasteiger partial charge in [-0.25, -0.2) is 13.3 Å². The minimum atomic E-state index is -4.90. The van der Waals surface area contributed by atoms with E-state index in [1.54, 1.807) is 18.3 Å². The van der Waals surface area contributed by atoms with Crippen LogP contribution in [0.3, 0.4) is 0 Å². The van der Waals surface area contributed by atoms with Crippen LogP contribution in [0.5, 0.6) is 0 Å². The molecule has 1 aliphatic heterocycles. The van der Waals surface area contributed by atoms with Gasteiger partial charge in [-0.05, 0) is 76.7 Å². The summed E-state index contributed by atoms with van der Waals surface area (Å²) in [6.45, 7) is 0. The van der Waals surface area contributed by atoms with Crippen LogP contribution < -0.4 is 10.6 Å². The monoisotopic (exact) mass is 584 g/mol. The first-order valence-electron chi connectivity index (χ1n) is 11.8. The van der Waals surface area contributed by atoms with Crippen molar-refractivity contribution < 1.29 is 31.5 Å². The highest BCUT2D eigenvalue weighted by atomic mass is 35.5. The first-order chi connectivity index (χ1) is 19.5. The van der Waals surface area contributed by atoms with Crippen LogP contribution in [0.1, 0.15) is 43.4 Å². The number of aromatic nitrogens is 4. The highest BCUT2D eigenvalue weighted by Crippen LogP contribution is 2.42. The minimum Gasteiger partial charge on any atom is -0.341 e. The van der Waals surface area contributed by atoms with Crippen LogP contribution >= 0.6 is 11.6 Å². The molecule has 206 valence electrons. The predicted octanol–water partition coefficient (Wildman–Crippen LogP) is 5.83. The summed E-state index contributed by atoms with van der Waals surface area (Å²) >= 11 is 6.32. The van der Waals surface area contributed by atoms with Crippen molar-refractivity contribution in [2.75, 3.05) is 5.32 Å². The van der Waals surface area contributed by atoms with E-state index in [-0.39, 0.29) is 33.5 Å². The number of fused-ring (bicyclic) bond motifs is 2. The van der Waals surface area contributed by atoms with Gasteiger partial charge >= 0.3 is 6.18 Å². The Hall–Kier alpha value is -4.91. The highest BCUT2D eigenvalue weighted by molar-refractivity contribution is 6.31. The number of alkyl halides is 3. The summed E-state index contributed by atoms with van der Waals surface area (Å²) in [4.78, 5) is 26.3. The number of hydrogen-bond acceptors (Lipinski definition) is 5. The first kappa shape index (κ1) is 26.3. The van der Waals surface area contributed by atoms with E-state index in [1.165, 1.54) is 22.7 Å². The Labute approximate surface area is 231 Å². The average molecular weight is 585 g/mol. The molecule has 0 radical (unpaired) electrons. The zero-order valence-electron chi connectivity index (χ0n) is 20.3. The lowest BCUT2D eigenvalue weighted by Crippen LogP contribution is -2.21. The third kappa shape index (κ3) is 4.84. The average Bonchev–Trinajstić information content (AvgIpc) is 3.53. The number of anilines is 1. The van der Waals surface area contributed by atoms with E-state index < -0.39 is 46.8 Å². The Morgan fingerprint density at radius 3 is 2.56 bits per heavy atom. The zero-order chi connectivity index (χ0) is 29.1. The Bertz CT molecular complexity index is 1890. The lowest BCUT2D eigenvalue weighted by molar-refractivity contribution is -0.137. The van der Waals surface area contributed by atoms with Crippen molar-refractivity contribution in [1.29, 1.82) is 0 Å². The molecule has 14 heteroatoms. The highest BCUT2D eigenvalue weighted by Gasteiger charge is 2.36. The van der Waals surface area contributed by atoms with E-state index >= 15 is 0 Å². The van der Waals surface area contributed by atoms with Gasteiger partial charge in [0.1, 0.15) is 11.6 Å². The molecule has 1 atom stereocenters. The van der Waals surface area contributed by atoms with Crippen molar-refractivity contribution in [3.8, 4) is 11.1 Å². The third-order valence-corrected chi connectivity index (χ3v) is 6.86. The van der Waals surface area contributed by atoms with Crippen molar-refractivity contribution in [2.45, 2.75) is 12.2 Å². The maximum absolute atomic E-state index is 14.2. The van der Waals surface area contributed by atoms with Crippen molar-refractivity contribution in [3.05, 3.63) is 111 Å². The first-order valence-corrected chi connectivity index (χ1v) is 12.2. The lowest BCUT2D eigenvalue weighted by atomic mass is 9.93. The topological polar surface area (TPSA) is 101 Å². The molecule has 1 aliphatic rings. The molecule has 2 aromatic heterocycles. The summed E-state index contributed by atoms with van der Waals surface area (Å²) in [5, 5.41) is 16.6. The second-order valence-electron chi connectivity index (χ2n) is 9.14. The maximum Gasteiger partial charge on any atom is 0.416 e. The smallest absolute Gasteiger partial charge is 0.341 e. The number of tetrazole rings is 1. The lowest BCUT2D eigenvalue weighted by Gasteiger charge is -2.19. The van der Waals surface area contributed by atoms with Crippen LogP contribution in [0.15, 0.2) is 66.9 Å². The molecule has 0 spiro atoms. The van der Waals surface area contributed by atoms with Gasteiger partial charge in [0.15, 0.2) is 5.65 Å². The van der Waals surface area contributed by atoms with Gasteiger partial charge in [0.25, 0.3) is 11.8 Å². The molecule has 5 aromatic rings. The zero-order valence-corrected chi connectivity index (χ0v) is 21.1. The largest absolute Gasteiger partial charge is 0.416 e. The number of halogens is 6. The molecule has 0 fully saturated rings. The summed E-state index contributed by atoms with van der Waals surface area (Å²) < 4.78 is 69.5. The van der Waals surface area contributed by atoms with E-state index in [0.717, 1.165) is 12.1 Å². The Morgan fingerprint density at radius 1 is 0.976 bits per heavy atom. The number of hydrogen-bond donors (Lipinski definition) is 2. The summed E-state index contributed by atoms with van der Waals surface area (Å²) in [6.07, 6.45) is -3.33. The van der Waals surface area contributed by atoms with E-state index in [4.69, 9.17) is 11.6 Å². The normalized spacial score (nSPS) is 14.7. The number of benzene rings is 3. The standard InChI is InChI=1S/C27H14ClF5N6O2/c28-20-3-2-16(29)10-18(20)24-23-19(26(41)35-24)7-13(12-1-4-22-36-37-38-39(22)11-12)8-21(23)34-25(40)14-5-15(27(31,32)33)9-17(30)6-14/h1-11,24H,(H,34,40)(H,35,41). The van der Waals surface area contributed by atoms with Crippen LogP contribution in [0.25, 0.3) is 16.8 Å². The molecule has 3 aromatic carbocycles. The summed E-state index contributed by atoms with van der Waals surface area (Å²) in [5.74, 6) is -3.55. The van der Waals surface area contributed by atoms with Crippen LogP contribution in [0.4, 0.5) is 27.6 Å². The fourth-order valence-corrected chi connectivity index (χ4v) is 4.89. The summed E-state index contributed by atoms with van der Waals surface area (Å²) in [7, 11) is 0. The van der Waals surface area contributed by atoms with Gasteiger partial charge < -0.3 is 10.6 Å². The van der Waals surface area contributed by atoms with Gasteiger partial charge in [-0.1, -0.05) is 11.6 Å². The molecular formula is C27H14ClF5N6O2. The van der Waals surface area contributed by atoms with Crippen LogP contribution in [-0.2, 0) is 6.18 Å². The molecule has 1 unspecified atom stereocenters. The summed E-state index contributed by atoms with van der Waals surface area (Å²) in [6, 6.07) is 10.3. The van der Waals surface area contributed by atoms with Crippen molar-refractivity contribution >= 4 is 34.7 Å². The quantitative estimate of drug-likeness (QED) is 0.259. The van der Waals surface area contributed by atoms with Gasteiger partial charge in [0.05, 0.1) is 11.6 Å². The number of nitrogens with one attached hydrogen (secondary N) is 2. The number of carbonyl (C=O) groups excluding carboxylic acids is 2.